The van der Waals surface area contributed by atoms with Gasteiger partial charge in [0, 0.05) is 21.3 Å². The van der Waals surface area contributed by atoms with Crippen molar-refractivity contribution in [1.82, 2.24) is 0 Å². The molecule has 5 heteroatoms. The van der Waals surface area contributed by atoms with Gasteiger partial charge in [0.1, 0.15) is 12.4 Å². The van der Waals surface area contributed by atoms with Crippen molar-refractivity contribution >= 4 is 34.8 Å². The predicted octanol–water partition coefficient (Wildman–Crippen LogP) is 5.82. The van der Waals surface area contributed by atoms with E-state index >= 15 is 0 Å². The molecule has 0 aliphatic heterocycles. The molecule has 0 spiro atoms. The Morgan fingerprint density at radius 1 is 0.880 bits per heavy atom. The first-order chi connectivity index (χ1) is 12.1. The maximum atomic E-state index is 12.4. The summed E-state index contributed by atoms with van der Waals surface area (Å²) in [6, 6.07) is 21.7. The highest BCUT2D eigenvalue weighted by Gasteiger charge is 2.09. The molecule has 1 N–H and O–H groups in total. The average Bonchev–Trinajstić information content (AvgIpc) is 2.60. The topological polar surface area (TPSA) is 38.3 Å². The fourth-order valence-electron chi connectivity index (χ4n) is 2.30. The first-order valence-corrected chi connectivity index (χ1v) is 8.40. The highest BCUT2D eigenvalue weighted by molar-refractivity contribution is 6.35. The third kappa shape index (κ3) is 4.99. The second kappa shape index (κ2) is 8.06. The van der Waals surface area contributed by atoms with Crippen molar-refractivity contribution < 1.29 is 9.53 Å². The molecule has 0 aromatic heterocycles. The minimum atomic E-state index is -0.261. The van der Waals surface area contributed by atoms with Crippen LogP contribution in [0.3, 0.4) is 0 Å². The summed E-state index contributed by atoms with van der Waals surface area (Å²) in [5, 5.41) is 3.70. The van der Waals surface area contributed by atoms with Gasteiger partial charge >= 0.3 is 0 Å². The van der Waals surface area contributed by atoms with Gasteiger partial charge in [-0.1, -0.05) is 59.6 Å². The molecule has 0 aliphatic rings. The molecular weight excluding hydrogens is 357 g/mol. The van der Waals surface area contributed by atoms with E-state index in [4.69, 9.17) is 27.9 Å². The van der Waals surface area contributed by atoms with E-state index < -0.39 is 0 Å². The number of amides is 1. The van der Waals surface area contributed by atoms with Crippen LogP contribution in [-0.4, -0.2) is 5.91 Å². The molecule has 0 unspecified atom stereocenters. The van der Waals surface area contributed by atoms with E-state index in [1.54, 1.807) is 36.4 Å². The van der Waals surface area contributed by atoms with E-state index in [2.05, 4.69) is 5.32 Å². The van der Waals surface area contributed by atoms with Crippen molar-refractivity contribution in [3.8, 4) is 5.75 Å². The number of hydrogen-bond donors (Lipinski definition) is 1. The van der Waals surface area contributed by atoms with Crippen LogP contribution in [0.25, 0.3) is 0 Å². The van der Waals surface area contributed by atoms with Gasteiger partial charge in [-0.05, 0) is 42.0 Å². The Morgan fingerprint density at radius 3 is 2.32 bits per heavy atom. The molecule has 0 aliphatic carbocycles. The second-order valence-corrected chi connectivity index (χ2v) is 6.29. The summed E-state index contributed by atoms with van der Waals surface area (Å²) in [5.74, 6) is 0.365. The number of carbonyl (C=O) groups is 1. The van der Waals surface area contributed by atoms with Gasteiger partial charge in [-0.2, -0.15) is 0 Å². The van der Waals surface area contributed by atoms with Gasteiger partial charge in [-0.15, -0.1) is 0 Å². The van der Waals surface area contributed by atoms with Crippen LogP contribution in [0.4, 0.5) is 5.69 Å². The minimum Gasteiger partial charge on any atom is -0.489 e. The molecule has 25 heavy (non-hydrogen) atoms. The lowest BCUT2D eigenvalue weighted by Crippen LogP contribution is -2.12. The molecule has 1 amide bonds. The zero-order valence-corrected chi connectivity index (χ0v) is 14.7. The zero-order chi connectivity index (χ0) is 17.6. The normalized spacial score (nSPS) is 10.3. The average molecular weight is 372 g/mol. The van der Waals surface area contributed by atoms with Gasteiger partial charge in [0.25, 0.3) is 5.91 Å². The van der Waals surface area contributed by atoms with Crippen LogP contribution in [0.1, 0.15) is 15.9 Å². The number of hydrogen-bond acceptors (Lipinski definition) is 2. The van der Waals surface area contributed by atoms with Crippen LogP contribution in [0.2, 0.25) is 10.0 Å². The van der Waals surface area contributed by atoms with E-state index in [1.807, 2.05) is 36.4 Å². The van der Waals surface area contributed by atoms with Gasteiger partial charge in [0.2, 0.25) is 0 Å². The number of ether oxygens (including phenoxy) is 1. The lowest BCUT2D eigenvalue weighted by Gasteiger charge is -2.09. The van der Waals surface area contributed by atoms with Crippen molar-refractivity contribution in [1.29, 1.82) is 0 Å². The zero-order valence-electron chi connectivity index (χ0n) is 13.2. The fourth-order valence-corrected chi connectivity index (χ4v) is 2.82. The Morgan fingerprint density at radius 2 is 1.60 bits per heavy atom. The lowest BCUT2D eigenvalue weighted by atomic mass is 10.2. The molecule has 0 atom stereocenters. The van der Waals surface area contributed by atoms with Crippen LogP contribution < -0.4 is 10.1 Å². The molecule has 0 saturated heterocycles. The standard InChI is InChI=1S/C20H15Cl2NO2/c21-16-10-17(22)12-18(11-16)23-20(24)15-7-4-8-19(9-15)25-13-14-5-2-1-3-6-14/h1-12H,13H2,(H,23,24). The van der Waals surface area contributed by atoms with Gasteiger partial charge in [0.15, 0.2) is 0 Å². The van der Waals surface area contributed by atoms with Gasteiger partial charge in [-0.25, -0.2) is 0 Å². The van der Waals surface area contributed by atoms with Crippen molar-refractivity contribution in [2.24, 2.45) is 0 Å². The Labute approximate surface area is 156 Å². The quantitative estimate of drug-likeness (QED) is 0.612. The molecular formula is C20H15Cl2NO2. The number of anilines is 1. The van der Waals surface area contributed by atoms with Gasteiger partial charge < -0.3 is 10.1 Å². The number of halogens is 2. The summed E-state index contributed by atoms with van der Waals surface area (Å²) in [5.41, 5.74) is 2.09. The predicted molar refractivity (Wildman–Crippen MR) is 102 cm³/mol. The third-order valence-electron chi connectivity index (χ3n) is 3.46. The van der Waals surface area contributed by atoms with Crippen molar-refractivity contribution in [2.45, 2.75) is 6.61 Å². The molecule has 3 nitrogen and oxygen atoms in total. The van der Waals surface area contributed by atoms with Crippen molar-refractivity contribution in [3.63, 3.8) is 0 Å². The fraction of sp³-hybridized carbons (Fsp3) is 0.0500. The largest absolute Gasteiger partial charge is 0.489 e. The molecule has 3 aromatic rings. The minimum absolute atomic E-state index is 0.261. The highest BCUT2D eigenvalue weighted by Crippen LogP contribution is 2.23. The second-order valence-electron chi connectivity index (χ2n) is 5.41. The van der Waals surface area contributed by atoms with Crippen LogP contribution in [0, 0.1) is 0 Å². The number of benzene rings is 3. The summed E-state index contributed by atoms with van der Waals surface area (Å²) in [6.07, 6.45) is 0. The molecule has 0 fully saturated rings. The number of nitrogens with one attached hydrogen (secondary N) is 1. The SMILES string of the molecule is O=C(Nc1cc(Cl)cc(Cl)c1)c1cccc(OCc2ccccc2)c1. The van der Waals surface area contributed by atoms with Crippen LogP contribution in [-0.2, 0) is 6.61 Å². The third-order valence-corrected chi connectivity index (χ3v) is 3.90. The first-order valence-electron chi connectivity index (χ1n) is 7.64. The Kier molecular flexibility index (Phi) is 5.59. The van der Waals surface area contributed by atoms with E-state index in [0.717, 1.165) is 5.56 Å². The number of rotatable bonds is 5. The lowest BCUT2D eigenvalue weighted by molar-refractivity contribution is 0.102. The van der Waals surface area contributed by atoms with Crippen LogP contribution >= 0.6 is 23.2 Å². The van der Waals surface area contributed by atoms with Gasteiger partial charge in [0.05, 0.1) is 0 Å². The Hall–Kier alpha value is -2.49. The van der Waals surface area contributed by atoms with Crippen molar-refractivity contribution in [3.05, 3.63) is 94.0 Å². The molecule has 0 heterocycles. The summed E-state index contributed by atoms with van der Waals surface area (Å²) < 4.78 is 5.75. The van der Waals surface area contributed by atoms with Crippen molar-refractivity contribution in [2.75, 3.05) is 5.32 Å². The molecule has 0 radical (unpaired) electrons. The van der Waals surface area contributed by atoms with Crippen LogP contribution in [0.5, 0.6) is 5.75 Å². The molecule has 0 saturated carbocycles. The molecule has 126 valence electrons. The molecule has 3 aromatic carbocycles. The maximum absolute atomic E-state index is 12.4. The van der Waals surface area contributed by atoms with E-state index in [1.165, 1.54) is 0 Å². The summed E-state index contributed by atoms with van der Waals surface area (Å²) in [7, 11) is 0. The summed E-state index contributed by atoms with van der Waals surface area (Å²) >= 11 is 11.9. The summed E-state index contributed by atoms with van der Waals surface area (Å²) in [6.45, 7) is 0.440. The smallest absolute Gasteiger partial charge is 0.255 e. The number of carbonyl (C=O) groups excluding carboxylic acids is 1. The van der Waals surface area contributed by atoms with Crippen LogP contribution in [0.15, 0.2) is 72.8 Å². The van der Waals surface area contributed by atoms with E-state index in [-0.39, 0.29) is 5.91 Å². The van der Waals surface area contributed by atoms with E-state index in [9.17, 15) is 4.79 Å². The van der Waals surface area contributed by atoms with E-state index in [0.29, 0.717) is 33.7 Å². The first kappa shape index (κ1) is 17.3. The maximum Gasteiger partial charge on any atom is 0.255 e. The molecule has 3 rings (SSSR count). The highest BCUT2D eigenvalue weighted by atomic mass is 35.5. The Balaban J connectivity index is 1.68. The Bertz CT molecular complexity index is 862. The summed E-state index contributed by atoms with van der Waals surface area (Å²) in [4.78, 5) is 12.4. The monoisotopic (exact) mass is 371 g/mol. The molecule has 0 bridgehead atoms. The van der Waals surface area contributed by atoms with Gasteiger partial charge in [-0.3, -0.25) is 4.79 Å².